The number of carboxylic acids is 1. The van der Waals surface area contributed by atoms with Crippen LogP contribution in [0.15, 0.2) is 0 Å². The minimum atomic E-state index is -0.914. The van der Waals surface area contributed by atoms with E-state index < -0.39 is 22.1 Å². The number of carboxylic acid groups (broad SMARTS) is 1. The molecule has 32 heavy (non-hydrogen) atoms. The molecular formula is C21H38N2O5S4. The molecule has 186 valence electrons. The van der Waals surface area contributed by atoms with E-state index in [1.54, 1.807) is 33.3 Å². The maximum atomic E-state index is 12.5. The second kappa shape index (κ2) is 12.8. The van der Waals surface area contributed by atoms with Gasteiger partial charge < -0.3 is 10.4 Å². The number of nitrogens with zero attached hydrogens (tertiary/aromatic N) is 1. The summed E-state index contributed by atoms with van der Waals surface area (Å²) in [5, 5.41) is 11.4. The molecule has 1 aliphatic rings. The van der Waals surface area contributed by atoms with Crippen LogP contribution in [0.3, 0.4) is 0 Å². The number of hydrogen-bond donors (Lipinski definition) is 3. The van der Waals surface area contributed by atoms with Gasteiger partial charge in [-0.3, -0.25) is 24.1 Å². The zero-order valence-electron chi connectivity index (χ0n) is 20.1. The number of amides is 3. The first kappa shape index (κ1) is 29.5. The first-order valence-electron chi connectivity index (χ1n) is 10.6. The van der Waals surface area contributed by atoms with Gasteiger partial charge in [0.2, 0.25) is 17.7 Å². The SMILES string of the molecule is C[SH](C(CC(=O)NCCSSCCN1C(=O)CC(SC(C)(C)C)C1=O)C(=O)O)C(C)(C)C. The lowest BCUT2D eigenvalue weighted by Gasteiger charge is -2.36. The molecule has 0 saturated carbocycles. The summed E-state index contributed by atoms with van der Waals surface area (Å²) >= 11 is 1.54. The van der Waals surface area contributed by atoms with E-state index >= 15 is 0 Å². The van der Waals surface area contributed by atoms with Crippen molar-refractivity contribution in [1.29, 1.82) is 0 Å². The predicted octanol–water partition coefficient (Wildman–Crippen LogP) is 3.42. The highest BCUT2D eigenvalue weighted by Gasteiger charge is 2.40. The topological polar surface area (TPSA) is 104 Å². The monoisotopic (exact) mass is 526 g/mol. The molecule has 0 radical (unpaired) electrons. The molecular weight excluding hydrogens is 489 g/mol. The molecule has 0 aromatic rings. The fourth-order valence-corrected chi connectivity index (χ4v) is 7.86. The Morgan fingerprint density at radius 1 is 1.16 bits per heavy atom. The van der Waals surface area contributed by atoms with Gasteiger partial charge in [-0.25, -0.2) is 10.9 Å². The predicted molar refractivity (Wildman–Crippen MR) is 141 cm³/mol. The molecule has 1 aliphatic heterocycles. The first-order valence-corrected chi connectivity index (χ1v) is 15.8. The number of rotatable bonds is 12. The summed E-state index contributed by atoms with van der Waals surface area (Å²) in [7, 11) is 2.28. The van der Waals surface area contributed by atoms with E-state index in [1.165, 1.54) is 4.90 Å². The zero-order valence-corrected chi connectivity index (χ0v) is 23.4. The van der Waals surface area contributed by atoms with Gasteiger partial charge in [-0.2, -0.15) is 0 Å². The van der Waals surface area contributed by atoms with E-state index in [4.69, 9.17) is 0 Å². The van der Waals surface area contributed by atoms with Crippen molar-refractivity contribution < 1.29 is 24.3 Å². The number of hydrogen-bond acceptors (Lipinski definition) is 7. The Morgan fingerprint density at radius 2 is 1.75 bits per heavy atom. The third-order valence-electron chi connectivity index (χ3n) is 4.88. The molecule has 1 heterocycles. The van der Waals surface area contributed by atoms with E-state index in [9.17, 15) is 24.3 Å². The van der Waals surface area contributed by atoms with E-state index in [0.717, 1.165) is 0 Å². The van der Waals surface area contributed by atoms with Crippen molar-refractivity contribution in [2.45, 2.75) is 74.4 Å². The minimum Gasteiger partial charge on any atom is -0.480 e. The fourth-order valence-electron chi connectivity index (χ4n) is 2.99. The lowest BCUT2D eigenvalue weighted by molar-refractivity contribution is -0.138. The van der Waals surface area contributed by atoms with Gasteiger partial charge in [0.05, 0.1) is 10.5 Å². The molecule has 3 amide bonds. The third kappa shape index (κ3) is 10.2. The number of nitrogens with one attached hydrogen (secondary N) is 1. The van der Waals surface area contributed by atoms with Crippen LogP contribution in [0.1, 0.15) is 54.4 Å². The molecule has 0 aliphatic carbocycles. The number of likely N-dealkylation sites (tertiary alicyclic amines) is 1. The van der Waals surface area contributed by atoms with Crippen molar-refractivity contribution >= 4 is 67.9 Å². The van der Waals surface area contributed by atoms with Crippen molar-refractivity contribution in [2.75, 3.05) is 30.9 Å². The summed E-state index contributed by atoms with van der Waals surface area (Å²) in [4.78, 5) is 49.8. The van der Waals surface area contributed by atoms with Crippen LogP contribution in [-0.2, 0) is 19.2 Å². The van der Waals surface area contributed by atoms with Crippen molar-refractivity contribution in [3.05, 3.63) is 0 Å². The van der Waals surface area contributed by atoms with Gasteiger partial charge in [-0.1, -0.05) is 63.1 Å². The Morgan fingerprint density at radius 3 is 2.28 bits per heavy atom. The van der Waals surface area contributed by atoms with Gasteiger partial charge in [0, 0.05) is 42.2 Å². The third-order valence-corrected chi connectivity index (χ3v) is 12.1. The van der Waals surface area contributed by atoms with Crippen LogP contribution in [0, 0.1) is 0 Å². The number of carbonyl (C=O) groups is 4. The number of aliphatic carboxylic acids is 1. The Kier molecular flexibility index (Phi) is 11.8. The molecule has 1 saturated heterocycles. The van der Waals surface area contributed by atoms with Crippen molar-refractivity contribution in [3.63, 3.8) is 0 Å². The van der Waals surface area contributed by atoms with Gasteiger partial charge in [0.25, 0.3) is 0 Å². The molecule has 3 unspecified atom stereocenters. The minimum absolute atomic E-state index is 0.000452. The summed E-state index contributed by atoms with van der Waals surface area (Å²) in [5.74, 6) is -0.0465. The molecule has 7 nitrogen and oxygen atoms in total. The maximum Gasteiger partial charge on any atom is 0.315 e. The summed E-state index contributed by atoms with van der Waals surface area (Å²) < 4.78 is -0.198. The van der Waals surface area contributed by atoms with E-state index in [2.05, 4.69) is 5.32 Å². The van der Waals surface area contributed by atoms with Crippen molar-refractivity contribution in [3.8, 4) is 0 Å². The molecule has 0 spiro atoms. The molecule has 1 fully saturated rings. The van der Waals surface area contributed by atoms with Gasteiger partial charge in [0.15, 0.2) is 0 Å². The Bertz CT molecular complexity index is 691. The Balaban J connectivity index is 2.27. The molecule has 1 rings (SSSR count). The lowest BCUT2D eigenvalue weighted by atomic mass is 10.2. The molecule has 0 aromatic carbocycles. The van der Waals surface area contributed by atoms with Crippen LogP contribution < -0.4 is 5.32 Å². The molecule has 11 heteroatoms. The number of carbonyl (C=O) groups excluding carboxylic acids is 3. The van der Waals surface area contributed by atoms with Crippen molar-refractivity contribution in [1.82, 2.24) is 10.2 Å². The van der Waals surface area contributed by atoms with Crippen LogP contribution >= 0.6 is 44.2 Å². The first-order chi connectivity index (χ1) is 14.6. The van der Waals surface area contributed by atoms with Gasteiger partial charge >= 0.3 is 5.97 Å². The highest BCUT2D eigenvalue weighted by molar-refractivity contribution is 8.76. The highest BCUT2D eigenvalue weighted by Crippen LogP contribution is 2.43. The second-order valence-electron chi connectivity index (χ2n) is 9.64. The quantitative estimate of drug-likeness (QED) is 0.154. The van der Waals surface area contributed by atoms with Gasteiger partial charge in [-0.05, 0) is 11.0 Å². The number of imide groups is 1. The largest absolute Gasteiger partial charge is 0.480 e. The van der Waals surface area contributed by atoms with E-state index in [0.29, 0.717) is 24.6 Å². The molecule has 2 N–H and O–H groups in total. The summed E-state index contributed by atoms with van der Waals surface area (Å²) in [6.07, 6.45) is 2.21. The van der Waals surface area contributed by atoms with E-state index in [1.807, 2.05) is 47.8 Å². The standard InChI is InChI=1S/C21H38N2O5S4/c1-20(2,3)31-14-12-17(25)23(18(14)26)9-11-30-29-10-8-22-16(24)13-15(19(27)28)32(7)21(4,5)6/h14-15,32H,8-13H2,1-7H3,(H,22,24)(H,27,28). The Labute approximate surface area is 207 Å². The average Bonchev–Trinajstić information content (AvgIpc) is 2.89. The summed E-state index contributed by atoms with van der Waals surface area (Å²) in [6, 6.07) is 0. The van der Waals surface area contributed by atoms with Crippen LogP contribution in [0.2, 0.25) is 0 Å². The van der Waals surface area contributed by atoms with E-state index in [-0.39, 0.29) is 45.3 Å². The van der Waals surface area contributed by atoms with Crippen LogP contribution in [0.25, 0.3) is 0 Å². The normalized spacial score (nSPS) is 19.8. The van der Waals surface area contributed by atoms with Gasteiger partial charge in [0.1, 0.15) is 0 Å². The second-order valence-corrected chi connectivity index (χ2v) is 17.6. The smallest absolute Gasteiger partial charge is 0.315 e. The maximum absolute atomic E-state index is 12.5. The number of thioether (sulfide) groups is 1. The molecule has 3 atom stereocenters. The fraction of sp³-hybridized carbons (Fsp3) is 0.810. The zero-order chi connectivity index (χ0) is 24.7. The average molecular weight is 527 g/mol. The Hall–Kier alpha value is -0.520. The van der Waals surface area contributed by atoms with Crippen LogP contribution in [0.5, 0.6) is 0 Å². The molecule has 0 bridgehead atoms. The number of thiol groups is 1. The lowest BCUT2D eigenvalue weighted by Crippen LogP contribution is -2.35. The molecule has 0 aromatic heterocycles. The summed E-state index contributed by atoms with van der Waals surface area (Å²) in [5.41, 5.74) is 0. The highest BCUT2D eigenvalue weighted by atomic mass is 33.1. The van der Waals surface area contributed by atoms with Crippen molar-refractivity contribution in [2.24, 2.45) is 0 Å². The van der Waals surface area contributed by atoms with Crippen LogP contribution in [0.4, 0.5) is 0 Å². The van der Waals surface area contributed by atoms with Gasteiger partial charge in [-0.15, -0.1) is 11.8 Å². The van der Waals surface area contributed by atoms with Crippen LogP contribution in [-0.4, -0.2) is 84.5 Å². The summed E-state index contributed by atoms with van der Waals surface area (Å²) in [6.45, 7) is 13.0.